The van der Waals surface area contributed by atoms with E-state index in [0.717, 1.165) is 71.6 Å². The van der Waals surface area contributed by atoms with Gasteiger partial charge in [-0.15, -0.1) is 0 Å². The van der Waals surface area contributed by atoms with Crippen molar-refractivity contribution < 1.29 is 28.7 Å². The van der Waals surface area contributed by atoms with E-state index < -0.39 is 0 Å². The van der Waals surface area contributed by atoms with Gasteiger partial charge in [-0.2, -0.15) is 0 Å². The summed E-state index contributed by atoms with van der Waals surface area (Å²) in [6.45, 7) is 8.95. The highest BCUT2D eigenvalue weighted by molar-refractivity contribution is 4.52. The molecule has 0 saturated heterocycles. The van der Waals surface area contributed by atoms with E-state index in [1.165, 1.54) is 110 Å². The Kier molecular flexibility index (Phi) is 34.6. The Balaban J connectivity index is 3.67. The molecule has 0 rings (SSSR count). The number of rotatable bonds is 34. The summed E-state index contributed by atoms with van der Waals surface area (Å²) in [5.41, 5.74) is 0. The summed E-state index contributed by atoms with van der Waals surface area (Å²) in [6, 6.07) is 0. The Morgan fingerprint density at radius 2 is 0.816 bits per heavy atom. The molecule has 0 aliphatic carbocycles. The Morgan fingerprint density at radius 1 is 0.421 bits per heavy atom. The van der Waals surface area contributed by atoms with Crippen molar-refractivity contribution in [2.24, 2.45) is 0 Å². The molecule has 0 spiro atoms. The molecule has 230 valence electrons. The lowest BCUT2D eigenvalue weighted by Gasteiger charge is -2.19. The lowest BCUT2D eigenvalue weighted by atomic mass is 10.1. The predicted molar refractivity (Wildman–Crippen MR) is 158 cm³/mol. The fourth-order valence-electron chi connectivity index (χ4n) is 4.46. The molecule has 6 nitrogen and oxygen atoms in total. The molecule has 0 aromatic rings. The van der Waals surface area contributed by atoms with Crippen LogP contribution in [0.1, 0.15) is 155 Å². The van der Waals surface area contributed by atoms with Crippen LogP contribution in [0.2, 0.25) is 0 Å². The molecule has 0 fully saturated rings. The second-order valence-electron chi connectivity index (χ2n) is 10.6. The normalized spacial score (nSPS) is 11.7. The van der Waals surface area contributed by atoms with E-state index in [-0.39, 0.29) is 13.1 Å². The van der Waals surface area contributed by atoms with Gasteiger partial charge in [-0.25, -0.2) is 9.78 Å². The summed E-state index contributed by atoms with van der Waals surface area (Å²) < 4.78 is 23.4. The van der Waals surface area contributed by atoms with Crippen molar-refractivity contribution in [2.75, 3.05) is 46.9 Å². The molecule has 6 heteroatoms. The van der Waals surface area contributed by atoms with Crippen molar-refractivity contribution in [3.63, 3.8) is 0 Å². The zero-order chi connectivity index (χ0) is 27.6. The second kappa shape index (κ2) is 34.8. The highest BCUT2D eigenvalue weighted by Gasteiger charge is 2.09. The molecule has 0 saturated carbocycles. The smallest absolute Gasteiger partial charge is 0.180 e. The van der Waals surface area contributed by atoms with Gasteiger partial charge >= 0.3 is 0 Å². The van der Waals surface area contributed by atoms with Crippen LogP contribution in [-0.4, -0.2) is 53.2 Å². The third-order valence-corrected chi connectivity index (χ3v) is 6.91. The fraction of sp³-hybridized carbons (Fsp3) is 1.00. The molecule has 0 N–H and O–H groups in total. The largest absolute Gasteiger partial charge is 0.381 e. The van der Waals surface area contributed by atoms with E-state index in [4.69, 9.17) is 18.9 Å². The summed E-state index contributed by atoms with van der Waals surface area (Å²) in [4.78, 5) is 9.15. The highest BCUT2D eigenvalue weighted by Crippen LogP contribution is 2.14. The Labute approximate surface area is 237 Å². The molecular formula is C32H66O6. The Hall–Kier alpha value is -0.240. The zero-order valence-corrected chi connectivity index (χ0v) is 25.8. The van der Waals surface area contributed by atoms with Crippen molar-refractivity contribution in [3.05, 3.63) is 0 Å². The number of ether oxygens (including phenoxy) is 4. The van der Waals surface area contributed by atoms with Gasteiger partial charge in [0, 0.05) is 33.0 Å². The summed E-state index contributed by atoms with van der Waals surface area (Å²) in [5.74, 6) is 0. The molecule has 0 aliphatic heterocycles. The van der Waals surface area contributed by atoms with Crippen molar-refractivity contribution in [3.8, 4) is 0 Å². The minimum atomic E-state index is -0.0113. The van der Waals surface area contributed by atoms with Gasteiger partial charge in [0.2, 0.25) is 0 Å². The summed E-state index contributed by atoms with van der Waals surface area (Å²) in [5, 5.41) is 0. The number of hydrogen-bond donors (Lipinski definition) is 0. The van der Waals surface area contributed by atoms with Gasteiger partial charge in [0.15, 0.2) is 13.1 Å². The average molecular weight is 547 g/mol. The van der Waals surface area contributed by atoms with E-state index in [2.05, 4.69) is 23.6 Å². The monoisotopic (exact) mass is 546 g/mol. The van der Waals surface area contributed by atoms with Crippen molar-refractivity contribution in [2.45, 2.75) is 161 Å². The molecule has 0 atom stereocenters. The lowest BCUT2D eigenvalue weighted by molar-refractivity contribution is -0.318. The maximum atomic E-state index is 6.16. The first-order valence-corrected chi connectivity index (χ1v) is 16.4. The van der Waals surface area contributed by atoms with Crippen LogP contribution in [0.15, 0.2) is 0 Å². The minimum Gasteiger partial charge on any atom is -0.381 e. The Bertz CT molecular complexity index is 391. The van der Waals surface area contributed by atoms with E-state index in [0.29, 0.717) is 0 Å². The van der Waals surface area contributed by atoms with Crippen molar-refractivity contribution >= 4 is 0 Å². The van der Waals surface area contributed by atoms with Gasteiger partial charge < -0.3 is 18.9 Å². The highest BCUT2D eigenvalue weighted by atomic mass is 17.2. The van der Waals surface area contributed by atoms with Crippen LogP contribution in [0.3, 0.4) is 0 Å². The third-order valence-electron chi connectivity index (χ3n) is 6.91. The fourth-order valence-corrected chi connectivity index (χ4v) is 4.46. The van der Waals surface area contributed by atoms with Crippen LogP contribution in [-0.2, 0) is 28.7 Å². The molecule has 0 aromatic carbocycles. The molecule has 0 radical (unpaired) electrons. The van der Waals surface area contributed by atoms with E-state index in [1.807, 2.05) is 0 Å². The summed E-state index contributed by atoms with van der Waals surface area (Å²) in [6.07, 6.45) is 27.3. The zero-order valence-electron chi connectivity index (χ0n) is 25.8. The van der Waals surface area contributed by atoms with E-state index >= 15 is 0 Å². The molecule has 0 amide bonds. The van der Waals surface area contributed by atoms with Gasteiger partial charge in [0.1, 0.15) is 0 Å². The number of unbranched alkanes of at least 4 members (excludes halogenated alkanes) is 17. The maximum absolute atomic E-state index is 6.16. The van der Waals surface area contributed by atoms with E-state index in [9.17, 15) is 0 Å². The first kappa shape index (κ1) is 37.8. The van der Waals surface area contributed by atoms with Crippen molar-refractivity contribution in [1.82, 2.24) is 0 Å². The summed E-state index contributed by atoms with van der Waals surface area (Å²) in [7, 11) is 1.49. The van der Waals surface area contributed by atoms with Crippen LogP contribution in [0, 0.1) is 0 Å². The average Bonchev–Trinajstić information content (AvgIpc) is 2.93. The standard InChI is InChI=1S/C32H66O6/c1-4-6-8-10-16-23-29-36-32(37-30-24-17-11-9-7-5-2)25-19-13-18-21-27-34-26-20-14-12-15-22-28-35-31-38-33-3/h32H,4-31H2,1-3H3. The predicted octanol–water partition coefficient (Wildman–Crippen LogP) is 9.54. The van der Waals surface area contributed by atoms with E-state index in [1.54, 1.807) is 0 Å². The quantitative estimate of drug-likeness (QED) is 0.0347. The van der Waals surface area contributed by atoms with Gasteiger partial charge in [-0.3, -0.25) is 0 Å². The topological polar surface area (TPSA) is 55.4 Å². The van der Waals surface area contributed by atoms with Crippen LogP contribution in [0.25, 0.3) is 0 Å². The summed E-state index contributed by atoms with van der Waals surface area (Å²) >= 11 is 0. The second-order valence-corrected chi connectivity index (χ2v) is 10.6. The molecular weight excluding hydrogens is 480 g/mol. The van der Waals surface area contributed by atoms with Gasteiger partial charge in [0.05, 0.1) is 7.11 Å². The molecule has 0 aromatic heterocycles. The molecule has 0 unspecified atom stereocenters. The van der Waals surface area contributed by atoms with Crippen molar-refractivity contribution in [1.29, 1.82) is 0 Å². The lowest BCUT2D eigenvalue weighted by Crippen LogP contribution is -2.19. The van der Waals surface area contributed by atoms with Gasteiger partial charge in [-0.1, -0.05) is 110 Å². The molecule has 0 aliphatic rings. The number of hydrogen-bond acceptors (Lipinski definition) is 6. The van der Waals surface area contributed by atoms with Gasteiger partial charge in [-0.05, 0) is 44.9 Å². The SMILES string of the molecule is CCCCCCCCOC(CCCCCCOCCCCCCCOCOOC)OCCCCCCCC. The third kappa shape index (κ3) is 32.0. The molecule has 38 heavy (non-hydrogen) atoms. The van der Waals surface area contributed by atoms with Gasteiger partial charge in [0.25, 0.3) is 0 Å². The van der Waals surface area contributed by atoms with Crippen LogP contribution in [0.5, 0.6) is 0 Å². The maximum Gasteiger partial charge on any atom is 0.180 e. The van der Waals surface area contributed by atoms with Crippen LogP contribution in [0.4, 0.5) is 0 Å². The minimum absolute atomic E-state index is 0.0113. The van der Waals surface area contributed by atoms with Crippen LogP contribution >= 0.6 is 0 Å². The molecule has 0 bridgehead atoms. The molecule has 0 heterocycles. The Morgan fingerprint density at radius 3 is 1.29 bits per heavy atom. The first-order valence-electron chi connectivity index (χ1n) is 16.4. The van der Waals surface area contributed by atoms with Crippen LogP contribution < -0.4 is 0 Å². The first-order chi connectivity index (χ1) is 18.8.